The van der Waals surface area contributed by atoms with E-state index in [-0.39, 0.29) is 18.9 Å². The topological polar surface area (TPSA) is 62.3 Å². The van der Waals surface area contributed by atoms with Gasteiger partial charge < -0.3 is 5.32 Å². The van der Waals surface area contributed by atoms with Crippen molar-refractivity contribution in [3.8, 4) is 0 Å². The Morgan fingerprint density at radius 2 is 2.05 bits per heavy atom. The molecule has 21 heavy (non-hydrogen) atoms. The molecule has 9 heteroatoms. The third-order valence-corrected chi connectivity index (χ3v) is 4.19. The molecule has 0 atom stereocenters. The summed E-state index contributed by atoms with van der Waals surface area (Å²) >= 11 is 0. The normalized spacial score (nSPS) is 12.7. The maximum absolute atomic E-state index is 12.7. The second-order valence-corrected chi connectivity index (χ2v) is 6.41. The zero-order valence-electron chi connectivity index (χ0n) is 11.8. The molecule has 0 aromatic carbocycles. The Balaban J connectivity index is 2.58. The Labute approximate surface area is 122 Å². The highest BCUT2D eigenvalue weighted by molar-refractivity contribution is 7.88. The molecule has 0 aliphatic rings. The summed E-state index contributed by atoms with van der Waals surface area (Å²) in [5, 5.41) is 2.60. The molecule has 0 radical (unpaired) electrons. The van der Waals surface area contributed by atoms with E-state index in [1.54, 1.807) is 6.92 Å². The molecule has 0 saturated carbocycles. The third-order valence-electron chi connectivity index (χ3n) is 2.81. The van der Waals surface area contributed by atoms with Crippen LogP contribution >= 0.6 is 0 Å². The molecule has 0 amide bonds. The van der Waals surface area contributed by atoms with Gasteiger partial charge >= 0.3 is 6.18 Å². The summed E-state index contributed by atoms with van der Waals surface area (Å²) in [4.78, 5) is 3.67. The molecule has 0 spiro atoms. The molecule has 1 aromatic rings. The fourth-order valence-electron chi connectivity index (χ4n) is 1.80. The first-order valence-corrected chi connectivity index (χ1v) is 8.22. The Hall–Kier alpha value is -1.35. The minimum atomic E-state index is -4.47. The summed E-state index contributed by atoms with van der Waals surface area (Å²) in [7, 11) is -3.28. The maximum Gasteiger partial charge on any atom is 0.419 e. The number of anilines is 1. The number of hydrogen-bond acceptors (Lipinski definition) is 4. The highest BCUT2D eigenvalue weighted by Gasteiger charge is 2.33. The number of sulfonamides is 1. The van der Waals surface area contributed by atoms with Gasteiger partial charge in [0.15, 0.2) is 0 Å². The van der Waals surface area contributed by atoms with Crippen LogP contribution in [0.2, 0.25) is 0 Å². The molecule has 0 saturated heterocycles. The van der Waals surface area contributed by atoms with Gasteiger partial charge in [0.25, 0.3) is 0 Å². The lowest BCUT2D eigenvalue weighted by Gasteiger charge is -2.18. The lowest BCUT2D eigenvalue weighted by atomic mass is 10.2. The SMILES string of the molecule is CCN(CCCNc1ncccc1C(F)(F)F)S(C)(=O)=O. The average molecular weight is 325 g/mol. The summed E-state index contributed by atoms with van der Waals surface area (Å²) in [5.41, 5.74) is -0.833. The minimum Gasteiger partial charge on any atom is -0.370 e. The van der Waals surface area contributed by atoms with Crippen LogP contribution in [-0.4, -0.2) is 43.6 Å². The molecular weight excluding hydrogens is 307 g/mol. The summed E-state index contributed by atoms with van der Waals surface area (Å²) in [5.74, 6) is -0.243. The molecule has 1 aromatic heterocycles. The fraction of sp³-hybridized carbons (Fsp3) is 0.583. The van der Waals surface area contributed by atoms with Crippen molar-refractivity contribution in [1.82, 2.24) is 9.29 Å². The fourth-order valence-corrected chi connectivity index (χ4v) is 2.73. The van der Waals surface area contributed by atoms with Crippen LogP contribution in [-0.2, 0) is 16.2 Å². The van der Waals surface area contributed by atoms with Gasteiger partial charge in [0, 0.05) is 25.8 Å². The van der Waals surface area contributed by atoms with E-state index in [4.69, 9.17) is 0 Å². The Bertz CT molecular complexity index is 561. The van der Waals surface area contributed by atoms with E-state index in [1.807, 2.05) is 0 Å². The molecule has 0 bridgehead atoms. The summed E-state index contributed by atoms with van der Waals surface area (Å²) in [6.07, 6.45) is -1.72. The van der Waals surface area contributed by atoms with Crippen molar-refractivity contribution >= 4 is 15.8 Å². The van der Waals surface area contributed by atoms with Gasteiger partial charge in [-0.05, 0) is 18.6 Å². The number of hydrogen-bond donors (Lipinski definition) is 1. The standard InChI is InChI=1S/C12H18F3N3O2S/c1-3-18(21(2,19)20)9-5-8-17-11-10(12(13,14)15)6-4-7-16-11/h4,6-7H,3,5,8-9H2,1-2H3,(H,16,17). The van der Waals surface area contributed by atoms with E-state index < -0.39 is 21.8 Å². The molecule has 5 nitrogen and oxygen atoms in total. The van der Waals surface area contributed by atoms with Crippen LogP contribution in [0.4, 0.5) is 19.0 Å². The number of halogens is 3. The number of nitrogens with one attached hydrogen (secondary N) is 1. The molecular formula is C12H18F3N3O2S. The lowest BCUT2D eigenvalue weighted by molar-refractivity contribution is -0.137. The third kappa shape index (κ3) is 5.50. The van der Waals surface area contributed by atoms with Gasteiger partial charge in [-0.3, -0.25) is 0 Å². The van der Waals surface area contributed by atoms with E-state index >= 15 is 0 Å². The monoisotopic (exact) mass is 325 g/mol. The van der Waals surface area contributed by atoms with Crippen LogP contribution in [0.15, 0.2) is 18.3 Å². The van der Waals surface area contributed by atoms with Crippen LogP contribution in [0.1, 0.15) is 18.9 Å². The number of aromatic nitrogens is 1. The molecule has 1 heterocycles. The Kier molecular flexibility index (Phi) is 5.97. The van der Waals surface area contributed by atoms with Crippen molar-refractivity contribution in [3.63, 3.8) is 0 Å². The summed E-state index contributed by atoms with van der Waals surface area (Å²) in [6.45, 7) is 2.48. The molecule has 0 fully saturated rings. The number of pyridine rings is 1. The van der Waals surface area contributed by atoms with Gasteiger partial charge in [0.1, 0.15) is 5.82 Å². The van der Waals surface area contributed by atoms with E-state index in [9.17, 15) is 21.6 Å². The van der Waals surface area contributed by atoms with Crippen LogP contribution < -0.4 is 5.32 Å². The summed E-state index contributed by atoms with van der Waals surface area (Å²) < 4.78 is 62.2. The van der Waals surface area contributed by atoms with Crippen molar-refractivity contribution in [2.24, 2.45) is 0 Å². The summed E-state index contributed by atoms with van der Waals surface area (Å²) in [6, 6.07) is 2.17. The van der Waals surface area contributed by atoms with Gasteiger partial charge in [0.2, 0.25) is 10.0 Å². The predicted octanol–water partition coefficient (Wildman–Crippen LogP) is 2.18. The zero-order chi connectivity index (χ0) is 16.1. The van der Waals surface area contributed by atoms with Gasteiger partial charge in [0.05, 0.1) is 11.8 Å². The first-order chi connectivity index (χ1) is 9.66. The Morgan fingerprint density at radius 3 is 2.57 bits per heavy atom. The van der Waals surface area contributed by atoms with Crippen molar-refractivity contribution in [2.45, 2.75) is 19.5 Å². The van der Waals surface area contributed by atoms with Crippen molar-refractivity contribution in [3.05, 3.63) is 23.9 Å². The smallest absolute Gasteiger partial charge is 0.370 e. The zero-order valence-corrected chi connectivity index (χ0v) is 12.6. The first kappa shape index (κ1) is 17.7. The molecule has 0 unspecified atom stereocenters. The maximum atomic E-state index is 12.7. The van der Waals surface area contributed by atoms with E-state index in [1.165, 1.54) is 16.6 Å². The van der Waals surface area contributed by atoms with E-state index in [0.29, 0.717) is 13.0 Å². The molecule has 120 valence electrons. The van der Waals surface area contributed by atoms with Crippen LogP contribution in [0.25, 0.3) is 0 Å². The van der Waals surface area contributed by atoms with Crippen molar-refractivity contribution in [1.29, 1.82) is 0 Å². The van der Waals surface area contributed by atoms with Crippen LogP contribution in [0.5, 0.6) is 0 Å². The van der Waals surface area contributed by atoms with Gasteiger partial charge in [-0.25, -0.2) is 17.7 Å². The van der Waals surface area contributed by atoms with E-state index in [2.05, 4.69) is 10.3 Å². The van der Waals surface area contributed by atoms with E-state index in [0.717, 1.165) is 12.3 Å². The predicted molar refractivity (Wildman–Crippen MR) is 74.4 cm³/mol. The number of alkyl halides is 3. The van der Waals surface area contributed by atoms with Gasteiger partial charge in [-0.2, -0.15) is 13.2 Å². The van der Waals surface area contributed by atoms with Crippen molar-refractivity contribution < 1.29 is 21.6 Å². The number of rotatable bonds is 7. The van der Waals surface area contributed by atoms with Crippen molar-refractivity contribution in [2.75, 3.05) is 31.2 Å². The lowest BCUT2D eigenvalue weighted by Crippen LogP contribution is -2.31. The Morgan fingerprint density at radius 1 is 1.38 bits per heavy atom. The van der Waals surface area contributed by atoms with Crippen LogP contribution in [0.3, 0.4) is 0 Å². The highest BCUT2D eigenvalue weighted by atomic mass is 32.2. The van der Waals surface area contributed by atoms with Gasteiger partial charge in [-0.15, -0.1) is 0 Å². The number of nitrogens with zero attached hydrogens (tertiary/aromatic N) is 2. The molecule has 0 aliphatic carbocycles. The molecule has 1 rings (SSSR count). The second kappa shape index (κ2) is 7.08. The highest BCUT2D eigenvalue weighted by Crippen LogP contribution is 2.33. The minimum absolute atomic E-state index is 0.201. The quantitative estimate of drug-likeness (QED) is 0.781. The molecule has 1 N–H and O–H groups in total. The second-order valence-electron chi connectivity index (χ2n) is 4.43. The first-order valence-electron chi connectivity index (χ1n) is 6.37. The molecule has 0 aliphatic heterocycles. The average Bonchev–Trinajstić information content (AvgIpc) is 2.36. The van der Waals surface area contributed by atoms with Gasteiger partial charge in [-0.1, -0.05) is 6.92 Å². The van der Waals surface area contributed by atoms with Crippen LogP contribution in [0, 0.1) is 0 Å². The largest absolute Gasteiger partial charge is 0.419 e.